The van der Waals surface area contributed by atoms with E-state index in [2.05, 4.69) is 5.10 Å². The third kappa shape index (κ3) is 2.36. The Morgan fingerprint density at radius 2 is 1.81 bits per heavy atom. The molecule has 104 valence electrons. The van der Waals surface area contributed by atoms with Gasteiger partial charge < -0.3 is 10.2 Å². The van der Waals surface area contributed by atoms with Gasteiger partial charge in [-0.3, -0.25) is 0 Å². The number of nitrogens with zero attached hydrogens (tertiary/aromatic N) is 2. The quantitative estimate of drug-likeness (QED) is 0.773. The first-order valence-corrected chi connectivity index (χ1v) is 6.33. The molecule has 2 aromatic carbocycles. The number of carbonyl (C=O) groups is 1. The van der Waals surface area contributed by atoms with Crippen molar-refractivity contribution in [3.8, 4) is 22.7 Å². The Labute approximate surface area is 120 Å². The predicted octanol–water partition coefficient (Wildman–Crippen LogP) is 2.94. The number of hydrogen-bond acceptors (Lipinski definition) is 3. The zero-order valence-electron chi connectivity index (χ0n) is 11.0. The number of carboxylic acid groups (broad SMARTS) is 1. The normalized spacial score (nSPS) is 10.5. The summed E-state index contributed by atoms with van der Waals surface area (Å²) >= 11 is 0. The summed E-state index contributed by atoms with van der Waals surface area (Å²) in [4.78, 5) is 11.1. The van der Waals surface area contributed by atoms with Gasteiger partial charge in [0, 0.05) is 5.56 Å². The van der Waals surface area contributed by atoms with Crippen molar-refractivity contribution in [2.45, 2.75) is 0 Å². The fourth-order valence-corrected chi connectivity index (χ4v) is 2.16. The third-order valence-corrected chi connectivity index (χ3v) is 3.17. The van der Waals surface area contributed by atoms with E-state index in [1.165, 1.54) is 12.1 Å². The molecule has 0 aliphatic carbocycles. The van der Waals surface area contributed by atoms with E-state index in [9.17, 15) is 9.90 Å². The van der Waals surface area contributed by atoms with Crippen LogP contribution in [0.5, 0.6) is 5.75 Å². The molecular formula is C16H12N2O3. The zero-order valence-corrected chi connectivity index (χ0v) is 11.0. The van der Waals surface area contributed by atoms with Gasteiger partial charge in [0.25, 0.3) is 0 Å². The summed E-state index contributed by atoms with van der Waals surface area (Å²) in [6.45, 7) is 0. The highest BCUT2D eigenvalue weighted by atomic mass is 16.4. The molecule has 21 heavy (non-hydrogen) atoms. The number of rotatable bonds is 3. The van der Waals surface area contributed by atoms with Crippen molar-refractivity contribution < 1.29 is 15.0 Å². The van der Waals surface area contributed by atoms with Gasteiger partial charge in [-0.05, 0) is 36.4 Å². The number of carboxylic acids is 1. The van der Waals surface area contributed by atoms with Gasteiger partial charge in [0.2, 0.25) is 0 Å². The average Bonchev–Trinajstić information content (AvgIpc) is 2.98. The molecule has 2 N–H and O–H groups in total. The van der Waals surface area contributed by atoms with Crippen LogP contribution >= 0.6 is 0 Å². The maximum absolute atomic E-state index is 11.1. The van der Waals surface area contributed by atoms with Crippen molar-refractivity contribution in [1.82, 2.24) is 9.78 Å². The van der Waals surface area contributed by atoms with Crippen molar-refractivity contribution in [1.29, 1.82) is 0 Å². The van der Waals surface area contributed by atoms with Crippen LogP contribution in [0.4, 0.5) is 0 Å². The highest BCUT2D eigenvalue weighted by Gasteiger charge is 2.13. The number of benzene rings is 2. The van der Waals surface area contributed by atoms with E-state index >= 15 is 0 Å². The Hall–Kier alpha value is -3.08. The molecule has 0 spiro atoms. The Balaban J connectivity index is 2.13. The van der Waals surface area contributed by atoms with Crippen LogP contribution in [0.2, 0.25) is 0 Å². The van der Waals surface area contributed by atoms with Crippen LogP contribution in [0, 0.1) is 0 Å². The molecule has 0 amide bonds. The van der Waals surface area contributed by atoms with Crippen LogP contribution in [-0.2, 0) is 0 Å². The molecule has 0 saturated heterocycles. The SMILES string of the molecule is O=C(O)c1cc(-c2ccnn2-c2ccccc2)ccc1O. The Bertz CT molecular complexity index is 794. The van der Waals surface area contributed by atoms with E-state index in [0.717, 1.165) is 11.4 Å². The summed E-state index contributed by atoms with van der Waals surface area (Å²) in [5.74, 6) is -1.42. The smallest absolute Gasteiger partial charge is 0.339 e. The molecule has 0 radical (unpaired) electrons. The van der Waals surface area contributed by atoms with E-state index < -0.39 is 5.97 Å². The minimum Gasteiger partial charge on any atom is -0.507 e. The van der Waals surface area contributed by atoms with Crippen LogP contribution in [0.3, 0.4) is 0 Å². The first-order chi connectivity index (χ1) is 10.2. The number of para-hydroxylation sites is 1. The van der Waals surface area contributed by atoms with Gasteiger partial charge in [-0.25, -0.2) is 9.48 Å². The summed E-state index contributed by atoms with van der Waals surface area (Å²) in [6.07, 6.45) is 1.65. The lowest BCUT2D eigenvalue weighted by Crippen LogP contribution is -2.01. The molecule has 0 saturated carbocycles. The summed E-state index contributed by atoms with van der Waals surface area (Å²) < 4.78 is 1.72. The second kappa shape index (κ2) is 5.13. The summed E-state index contributed by atoms with van der Waals surface area (Å²) in [5.41, 5.74) is 2.17. The fourth-order valence-electron chi connectivity index (χ4n) is 2.16. The lowest BCUT2D eigenvalue weighted by atomic mass is 10.1. The maximum Gasteiger partial charge on any atom is 0.339 e. The highest BCUT2D eigenvalue weighted by Crippen LogP contribution is 2.27. The fraction of sp³-hybridized carbons (Fsp3) is 0. The van der Waals surface area contributed by atoms with Crippen molar-refractivity contribution in [3.63, 3.8) is 0 Å². The molecule has 0 atom stereocenters. The van der Waals surface area contributed by atoms with Gasteiger partial charge in [0.05, 0.1) is 17.6 Å². The summed E-state index contributed by atoms with van der Waals surface area (Å²) in [5, 5.41) is 22.9. The lowest BCUT2D eigenvalue weighted by molar-refractivity contribution is 0.0694. The van der Waals surface area contributed by atoms with Gasteiger partial charge in [-0.15, -0.1) is 0 Å². The number of phenols is 1. The van der Waals surface area contributed by atoms with Crippen LogP contribution < -0.4 is 0 Å². The number of aromatic carboxylic acids is 1. The van der Waals surface area contributed by atoms with Crippen LogP contribution in [0.15, 0.2) is 60.8 Å². The van der Waals surface area contributed by atoms with E-state index in [1.54, 1.807) is 23.0 Å². The Morgan fingerprint density at radius 3 is 2.52 bits per heavy atom. The highest BCUT2D eigenvalue weighted by molar-refractivity contribution is 5.92. The van der Waals surface area contributed by atoms with Gasteiger partial charge in [0.1, 0.15) is 11.3 Å². The number of hydrogen-bond donors (Lipinski definition) is 2. The molecule has 0 bridgehead atoms. The van der Waals surface area contributed by atoms with Gasteiger partial charge in [-0.1, -0.05) is 18.2 Å². The predicted molar refractivity (Wildman–Crippen MR) is 77.6 cm³/mol. The topological polar surface area (TPSA) is 75.3 Å². The van der Waals surface area contributed by atoms with Crippen molar-refractivity contribution in [2.75, 3.05) is 0 Å². The van der Waals surface area contributed by atoms with Gasteiger partial charge >= 0.3 is 5.97 Å². The van der Waals surface area contributed by atoms with E-state index in [1.807, 2.05) is 30.3 Å². The molecule has 0 unspecified atom stereocenters. The van der Waals surface area contributed by atoms with Crippen LogP contribution in [0.25, 0.3) is 16.9 Å². The number of aromatic nitrogens is 2. The standard InChI is InChI=1S/C16H12N2O3/c19-15-7-6-11(10-13(15)16(20)21)14-8-9-17-18(14)12-4-2-1-3-5-12/h1-10,19H,(H,20,21). The number of aromatic hydroxyl groups is 1. The van der Waals surface area contributed by atoms with Crippen molar-refractivity contribution in [3.05, 3.63) is 66.4 Å². The van der Waals surface area contributed by atoms with Crippen LogP contribution in [0.1, 0.15) is 10.4 Å². The Kier molecular flexibility index (Phi) is 3.16. The van der Waals surface area contributed by atoms with E-state index in [0.29, 0.717) is 5.56 Å². The Morgan fingerprint density at radius 1 is 1.05 bits per heavy atom. The first kappa shape index (κ1) is 12.9. The molecule has 0 fully saturated rings. The zero-order chi connectivity index (χ0) is 14.8. The molecule has 3 aromatic rings. The molecule has 1 aromatic heterocycles. The molecular weight excluding hydrogens is 268 g/mol. The second-order valence-corrected chi connectivity index (χ2v) is 4.50. The maximum atomic E-state index is 11.1. The van der Waals surface area contributed by atoms with Crippen molar-refractivity contribution in [2.24, 2.45) is 0 Å². The largest absolute Gasteiger partial charge is 0.507 e. The van der Waals surface area contributed by atoms with Gasteiger partial charge in [-0.2, -0.15) is 5.10 Å². The minimum absolute atomic E-state index is 0.131. The summed E-state index contributed by atoms with van der Waals surface area (Å²) in [6, 6.07) is 15.8. The average molecular weight is 280 g/mol. The molecule has 5 nitrogen and oxygen atoms in total. The molecule has 1 heterocycles. The molecule has 0 aliphatic heterocycles. The molecule has 5 heteroatoms. The monoisotopic (exact) mass is 280 g/mol. The van der Waals surface area contributed by atoms with Crippen LogP contribution in [-0.4, -0.2) is 26.0 Å². The first-order valence-electron chi connectivity index (χ1n) is 6.33. The van der Waals surface area contributed by atoms with Gasteiger partial charge in [0.15, 0.2) is 0 Å². The molecule has 3 rings (SSSR count). The third-order valence-electron chi connectivity index (χ3n) is 3.17. The van der Waals surface area contributed by atoms with Crippen molar-refractivity contribution >= 4 is 5.97 Å². The summed E-state index contributed by atoms with van der Waals surface area (Å²) in [7, 11) is 0. The molecule has 0 aliphatic rings. The second-order valence-electron chi connectivity index (χ2n) is 4.50. The van der Waals surface area contributed by atoms with E-state index in [-0.39, 0.29) is 11.3 Å². The van der Waals surface area contributed by atoms with E-state index in [4.69, 9.17) is 5.11 Å². The lowest BCUT2D eigenvalue weighted by Gasteiger charge is -2.09. The minimum atomic E-state index is -1.17.